The molecule has 2 heterocycles. The van der Waals surface area contributed by atoms with E-state index in [9.17, 15) is 13.6 Å². The minimum Gasteiger partial charge on any atom is -0.440 e. The lowest BCUT2D eigenvalue weighted by atomic mass is 9.97. The Morgan fingerprint density at radius 2 is 1.62 bits per heavy atom. The van der Waals surface area contributed by atoms with Gasteiger partial charge in [-0.3, -0.25) is 10.2 Å². The van der Waals surface area contributed by atoms with Crippen LogP contribution in [0.25, 0.3) is 0 Å². The zero-order valence-corrected chi connectivity index (χ0v) is 19.1. The number of carbonyl (C=O) groups excluding carboxylic acids is 1. The fourth-order valence-corrected chi connectivity index (χ4v) is 4.42. The van der Waals surface area contributed by atoms with Crippen LogP contribution in [-0.4, -0.2) is 37.2 Å². The van der Waals surface area contributed by atoms with Crippen LogP contribution < -0.4 is 14.9 Å². The Labute approximate surface area is 203 Å². The highest BCUT2D eigenvalue weighted by molar-refractivity contribution is 6.35. The van der Waals surface area contributed by atoms with Crippen LogP contribution in [0.1, 0.15) is 21.5 Å². The number of ether oxygens (including phenoxy) is 3. The summed E-state index contributed by atoms with van der Waals surface area (Å²) < 4.78 is 46.2. The highest BCUT2D eigenvalue weighted by Gasteiger charge is 2.47. The Morgan fingerprint density at radius 3 is 2.29 bits per heavy atom. The van der Waals surface area contributed by atoms with E-state index in [4.69, 9.17) is 37.4 Å². The van der Waals surface area contributed by atoms with Crippen LogP contribution in [0.15, 0.2) is 54.6 Å². The van der Waals surface area contributed by atoms with Gasteiger partial charge in [0.25, 0.3) is 5.91 Å². The van der Waals surface area contributed by atoms with Crippen LogP contribution in [0.3, 0.4) is 0 Å². The molecule has 1 N–H and O–H groups in total. The number of carbonyl (C=O) groups is 1. The molecule has 1 amide bonds. The highest BCUT2D eigenvalue weighted by atomic mass is 35.5. The van der Waals surface area contributed by atoms with E-state index in [1.807, 2.05) is 0 Å². The van der Waals surface area contributed by atoms with E-state index in [2.05, 4.69) is 5.43 Å². The maximum Gasteiger partial charge on any atom is 0.307 e. The monoisotopic (exact) mass is 506 g/mol. The van der Waals surface area contributed by atoms with Gasteiger partial charge in [0, 0.05) is 29.7 Å². The Bertz CT molecular complexity index is 1250. The largest absolute Gasteiger partial charge is 0.440 e. The molecule has 3 aromatic rings. The molecule has 34 heavy (non-hydrogen) atoms. The average Bonchev–Trinajstić information content (AvgIpc) is 3.18. The molecule has 1 fully saturated rings. The minimum atomic E-state index is -1.65. The average molecular weight is 507 g/mol. The molecule has 0 spiro atoms. The quantitative estimate of drug-likeness (QED) is 0.544. The molecule has 5 rings (SSSR count). The molecule has 1 unspecified atom stereocenters. The number of hydrogen-bond donors (Lipinski definition) is 1. The standard InChI is InChI=1S/C24H18Cl2F2N2O4/c25-15-3-6-18(19(26)11-15)24(14-1-4-16(27)5-2-14)33-21-12-17(20(28)13-22(21)34-24)23(31)29-30-7-9-32-10-8-30/h1-6,11-13H,7-10H2,(H,29,31). The summed E-state index contributed by atoms with van der Waals surface area (Å²) in [6.07, 6.45) is 0. The van der Waals surface area contributed by atoms with Crippen molar-refractivity contribution < 1.29 is 27.8 Å². The van der Waals surface area contributed by atoms with Gasteiger partial charge in [0.2, 0.25) is 0 Å². The number of morpholine rings is 1. The first-order valence-corrected chi connectivity index (χ1v) is 11.2. The molecule has 1 atom stereocenters. The van der Waals surface area contributed by atoms with Crippen LogP contribution in [0.4, 0.5) is 8.78 Å². The summed E-state index contributed by atoms with van der Waals surface area (Å²) in [5.41, 5.74) is 3.24. The van der Waals surface area contributed by atoms with Gasteiger partial charge in [0.15, 0.2) is 11.5 Å². The van der Waals surface area contributed by atoms with E-state index in [-0.39, 0.29) is 22.1 Å². The molecule has 176 valence electrons. The van der Waals surface area contributed by atoms with Crippen molar-refractivity contribution in [2.24, 2.45) is 0 Å². The van der Waals surface area contributed by atoms with E-state index in [1.165, 1.54) is 36.4 Å². The van der Waals surface area contributed by atoms with Crippen LogP contribution >= 0.6 is 23.2 Å². The van der Waals surface area contributed by atoms with E-state index in [1.54, 1.807) is 17.1 Å². The minimum absolute atomic E-state index is 0.0655. The maximum absolute atomic E-state index is 15.0. The summed E-state index contributed by atoms with van der Waals surface area (Å²) in [6.45, 7) is 1.90. The fourth-order valence-electron chi connectivity index (χ4n) is 3.89. The summed E-state index contributed by atoms with van der Waals surface area (Å²) >= 11 is 12.5. The number of hydrazine groups is 1. The number of hydrogen-bond acceptors (Lipinski definition) is 5. The third kappa shape index (κ3) is 4.18. The van der Waals surface area contributed by atoms with Crippen LogP contribution in [-0.2, 0) is 10.5 Å². The second-order valence-corrected chi connectivity index (χ2v) is 8.61. The zero-order valence-electron chi connectivity index (χ0n) is 17.6. The summed E-state index contributed by atoms with van der Waals surface area (Å²) in [7, 11) is 0. The van der Waals surface area contributed by atoms with E-state index in [0.29, 0.717) is 42.5 Å². The molecule has 2 aliphatic rings. The van der Waals surface area contributed by atoms with Crippen molar-refractivity contribution in [2.75, 3.05) is 26.3 Å². The van der Waals surface area contributed by atoms with Crippen molar-refractivity contribution in [3.63, 3.8) is 0 Å². The summed E-state index contributed by atoms with van der Waals surface area (Å²) in [6, 6.07) is 12.5. The molecule has 2 aliphatic heterocycles. The molecule has 3 aromatic carbocycles. The van der Waals surface area contributed by atoms with Crippen molar-refractivity contribution >= 4 is 29.1 Å². The predicted molar refractivity (Wildman–Crippen MR) is 121 cm³/mol. The van der Waals surface area contributed by atoms with Gasteiger partial charge >= 0.3 is 5.79 Å². The van der Waals surface area contributed by atoms with Crippen molar-refractivity contribution in [1.29, 1.82) is 0 Å². The van der Waals surface area contributed by atoms with Gasteiger partial charge in [-0.2, -0.15) is 0 Å². The smallest absolute Gasteiger partial charge is 0.307 e. The Hall–Kier alpha value is -2.91. The third-order valence-electron chi connectivity index (χ3n) is 5.57. The molecule has 0 bridgehead atoms. The second kappa shape index (κ2) is 9.03. The molecular formula is C24H18Cl2F2N2O4. The SMILES string of the molecule is O=C(NN1CCOCC1)c1cc2c(cc1F)OC(c1ccc(F)cc1)(c1ccc(Cl)cc1Cl)O2. The van der Waals surface area contributed by atoms with Crippen LogP contribution in [0.5, 0.6) is 11.5 Å². The van der Waals surface area contributed by atoms with Crippen molar-refractivity contribution in [3.05, 3.63) is 93.0 Å². The molecule has 0 aliphatic carbocycles. The van der Waals surface area contributed by atoms with Crippen molar-refractivity contribution in [3.8, 4) is 11.5 Å². The predicted octanol–water partition coefficient (Wildman–Crippen LogP) is 4.92. The first-order chi connectivity index (χ1) is 16.4. The number of rotatable bonds is 4. The first kappa shape index (κ1) is 22.9. The zero-order chi connectivity index (χ0) is 23.9. The van der Waals surface area contributed by atoms with Gasteiger partial charge in [-0.1, -0.05) is 23.2 Å². The van der Waals surface area contributed by atoms with Crippen molar-refractivity contribution in [2.45, 2.75) is 5.79 Å². The van der Waals surface area contributed by atoms with Gasteiger partial charge in [0.05, 0.1) is 29.4 Å². The molecule has 0 radical (unpaired) electrons. The summed E-state index contributed by atoms with van der Waals surface area (Å²) in [5, 5.41) is 2.29. The molecule has 0 saturated carbocycles. The Balaban J connectivity index is 1.54. The number of halogens is 4. The first-order valence-electron chi connectivity index (χ1n) is 10.4. The fraction of sp³-hybridized carbons (Fsp3) is 0.208. The lowest BCUT2D eigenvalue weighted by Crippen LogP contribution is -2.48. The van der Waals surface area contributed by atoms with Gasteiger partial charge in [0.1, 0.15) is 11.6 Å². The number of nitrogens with zero attached hydrogens (tertiary/aromatic N) is 1. The summed E-state index contributed by atoms with van der Waals surface area (Å²) in [5.74, 6) is -3.33. The maximum atomic E-state index is 15.0. The topological polar surface area (TPSA) is 60.0 Å². The number of amides is 1. The molecule has 6 nitrogen and oxygen atoms in total. The van der Waals surface area contributed by atoms with Gasteiger partial charge in [-0.15, -0.1) is 0 Å². The second-order valence-electron chi connectivity index (χ2n) is 7.77. The normalized spacial score (nSPS) is 19.8. The third-order valence-corrected chi connectivity index (χ3v) is 6.11. The van der Waals surface area contributed by atoms with E-state index >= 15 is 0 Å². The van der Waals surface area contributed by atoms with Gasteiger partial charge in [-0.05, 0) is 48.5 Å². The molecule has 1 saturated heterocycles. The van der Waals surface area contributed by atoms with Gasteiger partial charge in [-0.25, -0.2) is 13.8 Å². The van der Waals surface area contributed by atoms with Crippen LogP contribution in [0, 0.1) is 11.6 Å². The number of fused-ring (bicyclic) bond motifs is 1. The number of benzene rings is 3. The Morgan fingerprint density at radius 1 is 0.941 bits per heavy atom. The number of nitrogens with one attached hydrogen (secondary N) is 1. The molecule has 0 aromatic heterocycles. The van der Waals surface area contributed by atoms with E-state index < -0.39 is 23.3 Å². The lowest BCUT2D eigenvalue weighted by molar-refractivity contribution is -0.0459. The highest BCUT2D eigenvalue weighted by Crippen LogP contribution is 2.50. The van der Waals surface area contributed by atoms with Crippen molar-refractivity contribution in [1.82, 2.24) is 10.4 Å². The summed E-state index contributed by atoms with van der Waals surface area (Å²) in [4.78, 5) is 12.8. The van der Waals surface area contributed by atoms with Gasteiger partial charge < -0.3 is 14.2 Å². The lowest BCUT2D eigenvalue weighted by Gasteiger charge is -2.29. The Kier molecular flexibility index (Phi) is 6.07. The molecular weight excluding hydrogens is 489 g/mol. The van der Waals surface area contributed by atoms with E-state index in [0.717, 1.165) is 6.07 Å². The molecule has 10 heteroatoms. The van der Waals surface area contributed by atoms with Crippen LogP contribution in [0.2, 0.25) is 10.0 Å².